The first-order valence-corrected chi connectivity index (χ1v) is 10.5. The first kappa shape index (κ1) is 18.7. The number of alkyl carbamates (subject to hydrolysis) is 1. The van der Waals surface area contributed by atoms with E-state index in [-0.39, 0.29) is 11.8 Å². The van der Waals surface area contributed by atoms with E-state index in [4.69, 9.17) is 25.8 Å². The fourth-order valence-corrected chi connectivity index (χ4v) is 6.04. The lowest BCUT2D eigenvalue weighted by Crippen LogP contribution is -2.54. The molecule has 4 fully saturated rings. The van der Waals surface area contributed by atoms with Gasteiger partial charge < -0.3 is 19.5 Å². The van der Waals surface area contributed by atoms with E-state index in [2.05, 4.69) is 21.2 Å². The third-order valence-corrected chi connectivity index (χ3v) is 7.91. The van der Waals surface area contributed by atoms with Crippen LogP contribution in [0.3, 0.4) is 0 Å². The van der Waals surface area contributed by atoms with Gasteiger partial charge in [0.1, 0.15) is 17.9 Å². The molecule has 1 spiro atoms. The first-order valence-electron chi connectivity index (χ1n) is 9.29. The van der Waals surface area contributed by atoms with Crippen LogP contribution in [0.5, 0.6) is 0 Å². The summed E-state index contributed by atoms with van der Waals surface area (Å²) in [6.45, 7) is 2.36. The molecular weight excluding hydrogens is 452 g/mol. The molecule has 0 saturated carbocycles. The van der Waals surface area contributed by atoms with E-state index in [1.807, 2.05) is 19.1 Å². The van der Waals surface area contributed by atoms with Crippen molar-refractivity contribution in [2.45, 2.75) is 43.3 Å². The Balaban J connectivity index is 1.56. The molecule has 4 saturated heterocycles. The van der Waals surface area contributed by atoms with Crippen molar-refractivity contribution in [2.24, 2.45) is 11.8 Å². The van der Waals surface area contributed by atoms with Gasteiger partial charge in [-0.3, -0.25) is 9.69 Å². The first-order chi connectivity index (χ1) is 13.3. The largest absolute Gasteiger partial charge is 0.443 e. The van der Waals surface area contributed by atoms with Crippen LogP contribution in [0.15, 0.2) is 22.7 Å². The van der Waals surface area contributed by atoms with Crippen LogP contribution >= 0.6 is 27.5 Å². The summed E-state index contributed by atoms with van der Waals surface area (Å²) in [5, 5.41) is 3.06. The number of halogens is 2. The number of amides is 2. The Kier molecular flexibility index (Phi) is 4.05. The van der Waals surface area contributed by atoms with Crippen molar-refractivity contribution in [3.05, 3.63) is 27.7 Å². The summed E-state index contributed by atoms with van der Waals surface area (Å²) in [6, 6.07) is 5.40. The van der Waals surface area contributed by atoms with Crippen molar-refractivity contribution in [2.75, 3.05) is 18.6 Å². The predicted octanol–water partition coefficient (Wildman–Crippen LogP) is 3.08. The SMILES string of the molecule is CNC(=O)O[C@@H]1C[C@]23CCO[C@H]4[C@@H]2[C@H](C(=O)N4c2ccc(Cl)c(Br)c2)[C@]1(C)O3. The van der Waals surface area contributed by atoms with Crippen LogP contribution in [0.1, 0.15) is 19.8 Å². The van der Waals surface area contributed by atoms with Crippen LogP contribution < -0.4 is 10.2 Å². The lowest BCUT2D eigenvalue weighted by Gasteiger charge is -2.42. The van der Waals surface area contributed by atoms with Gasteiger partial charge >= 0.3 is 6.09 Å². The zero-order valence-corrected chi connectivity index (χ0v) is 17.7. The standard InChI is InChI=1S/C19H20BrClN2O5/c1-18-12(27-17(25)22-2)8-19(28-18)5-6-26-16-14(19)13(18)15(24)23(16)9-3-4-11(21)10(20)7-9/h3-4,7,12-14,16H,5-6,8H2,1-2H3,(H,22,25)/t12-,13-,14+,16+,18-,19-/m1/s1. The van der Waals surface area contributed by atoms with Crippen LogP contribution in [0, 0.1) is 11.8 Å². The maximum absolute atomic E-state index is 13.6. The van der Waals surface area contributed by atoms with Gasteiger partial charge in [-0.05, 0) is 41.1 Å². The van der Waals surface area contributed by atoms with Crippen molar-refractivity contribution >= 4 is 45.2 Å². The van der Waals surface area contributed by atoms with Crippen molar-refractivity contribution in [1.82, 2.24) is 5.32 Å². The molecule has 150 valence electrons. The number of fused-ring (bicyclic) bond motifs is 2. The minimum absolute atomic E-state index is 0.0688. The lowest BCUT2D eigenvalue weighted by molar-refractivity contribution is -0.142. The number of anilines is 1. The average Bonchev–Trinajstić information content (AvgIpc) is 3.22. The van der Waals surface area contributed by atoms with Crippen LogP contribution in [0.25, 0.3) is 0 Å². The highest BCUT2D eigenvalue weighted by Gasteiger charge is 2.79. The maximum atomic E-state index is 13.6. The average molecular weight is 472 g/mol. The summed E-state index contributed by atoms with van der Waals surface area (Å²) in [7, 11) is 1.52. The fourth-order valence-electron chi connectivity index (χ4n) is 5.56. The van der Waals surface area contributed by atoms with Gasteiger partial charge in [0.25, 0.3) is 0 Å². The number of carbonyl (C=O) groups excluding carboxylic acids is 2. The molecule has 0 aromatic heterocycles. The van der Waals surface area contributed by atoms with Gasteiger partial charge in [0.05, 0.1) is 23.1 Å². The Bertz CT molecular complexity index is 884. The maximum Gasteiger partial charge on any atom is 0.407 e. The number of nitrogens with zero attached hydrogens (tertiary/aromatic N) is 1. The van der Waals surface area contributed by atoms with E-state index in [1.54, 1.807) is 11.0 Å². The smallest absolute Gasteiger partial charge is 0.407 e. The van der Waals surface area contributed by atoms with Crippen LogP contribution in [0.4, 0.5) is 10.5 Å². The molecule has 0 aliphatic carbocycles. The quantitative estimate of drug-likeness (QED) is 0.717. The second-order valence-electron chi connectivity index (χ2n) is 8.02. The molecular formula is C19H20BrClN2O5. The van der Waals surface area contributed by atoms with Gasteiger partial charge in [-0.2, -0.15) is 0 Å². The number of benzene rings is 1. The van der Waals surface area contributed by atoms with E-state index < -0.39 is 35.5 Å². The van der Waals surface area contributed by atoms with E-state index in [1.165, 1.54) is 7.05 Å². The minimum Gasteiger partial charge on any atom is -0.443 e. The van der Waals surface area contributed by atoms with Gasteiger partial charge in [-0.15, -0.1) is 0 Å². The van der Waals surface area contributed by atoms with Crippen molar-refractivity contribution < 1.29 is 23.8 Å². The third-order valence-electron chi connectivity index (χ3n) is 6.69. The van der Waals surface area contributed by atoms with Crippen molar-refractivity contribution in [1.29, 1.82) is 0 Å². The van der Waals surface area contributed by atoms with Crippen LogP contribution in [-0.2, 0) is 19.0 Å². The molecule has 5 rings (SSSR count). The molecule has 4 aliphatic heterocycles. The van der Waals surface area contributed by atoms with E-state index in [9.17, 15) is 9.59 Å². The van der Waals surface area contributed by atoms with Gasteiger partial charge in [-0.25, -0.2) is 4.79 Å². The molecule has 4 aliphatic rings. The Morgan fingerprint density at radius 1 is 1.46 bits per heavy atom. The Morgan fingerprint density at radius 3 is 2.96 bits per heavy atom. The van der Waals surface area contributed by atoms with Gasteiger partial charge in [0.15, 0.2) is 0 Å². The Hall–Kier alpha value is -1.35. The molecule has 6 atom stereocenters. The lowest BCUT2D eigenvalue weighted by atomic mass is 9.65. The molecule has 1 aromatic rings. The summed E-state index contributed by atoms with van der Waals surface area (Å²) < 4.78 is 18.9. The highest BCUT2D eigenvalue weighted by molar-refractivity contribution is 9.10. The van der Waals surface area contributed by atoms with E-state index in [0.29, 0.717) is 28.9 Å². The number of nitrogens with one attached hydrogen (secondary N) is 1. The topological polar surface area (TPSA) is 77.1 Å². The number of hydrogen-bond donors (Lipinski definition) is 1. The molecule has 9 heteroatoms. The summed E-state index contributed by atoms with van der Waals surface area (Å²) in [5.41, 5.74) is -0.669. The second kappa shape index (κ2) is 6.08. The number of carbonyl (C=O) groups is 2. The van der Waals surface area contributed by atoms with Crippen molar-refractivity contribution in [3.8, 4) is 0 Å². The molecule has 0 radical (unpaired) electrons. The second-order valence-corrected chi connectivity index (χ2v) is 9.28. The summed E-state index contributed by atoms with van der Waals surface area (Å²) in [4.78, 5) is 27.2. The highest BCUT2D eigenvalue weighted by atomic mass is 79.9. The Morgan fingerprint density at radius 2 is 2.25 bits per heavy atom. The summed E-state index contributed by atoms with van der Waals surface area (Å²) in [6.07, 6.45) is -0.138. The molecule has 1 N–H and O–H groups in total. The van der Waals surface area contributed by atoms with E-state index in [0.717, 1.165) is 5.69 Å². The number of hydrogen-bond acceptors (Lipinski definition) is 5. The van der Waals surface area contributed by atoms with Crippen molar-refractivity contribution in [3.63, 3.8) is 0 Å². The normalized spacial score (nSPS) is 40.6. The molecule has 28 heavy (non-hydrogen) atoms. The molecule has 7 nitrogen and oxygen atoms in total. The molecule has 0 unspecified atom stereocenters. The van der Waals surface area contributed by atoms with Crippen LogP contribution in [-0.4, -0.2) is 49.2 Å². The van der Waals surface area contributed by atoms with Crippen LogP contribution in [0.2, 0.25) is 5.02 Å². The number of rotatable bonds is 2. The zero-order valence-electron chi connectivity index (χ0n) is 15.4. The molecule has 4 heterocycles. The Labute approximate surface area is 175 Å². The number of ether oxygens (including phenoxy) is 3. The zero-order chi connectivity index (χ0) is 19.8. The molecule has 1 aromatic carbocycles. The van der Waals surface area contributed by atoms with Gasteiger partial charge in [0.2, 0.25) is 5.91 Å². The summed E-state index contributed by atoms with van der Waals surface area (Å²) >= 11 is 9.56. The fraction of sp³-hybridized carbons (Fsp3) is 0.579. The predicted molar refractivity (Wildman–Crippen MR) is 104 cm³/mol. The molecule has 2 amide bonds. The monoisotopic (exact) mass is 470 g/mol. The summed E-state index contributed by atoms with van der Waals surface area (Å²) in [5.74, 6) is -0.603. The third kappa shape index (κ3) is 2.29. The van der Waals surface area contributed by atoms with E-state index >= 15 is 0 Å². The van der Waals surface area contributed by atoms with Gasteiger partial charge in [-0.1, -0.05) is 11.6 Å². The highest BCUT2D eigenvalue weighted by Crippen LogP contribution is 2.65. The minimum atomic E-state index is -0.876. The van der Waals surface area contributed by atoms with Gasteiger partial charge in [0, 0.05) is 36.0 Å². The molecule has 2 bridgehead atoms.